The first-order valence-corrected chi connectivity index (χ1v) is 8.06. The number of carbonyl (C=O) groups excluding carboxylic acids is 2. The molecule has 9 heteroatoms. The highest BCUT2D eigenvalue weighted by Gasteiger charge is 2.33. The van der Waals surface area contributed by atoms with Crippen LogP contribution in [-0.2, 0) is 14.3 Å². The number of carbonyl (C=O) groups is 2. The lowest BCUT2D eigenvalue weighted by molar-refractivity contribution is -0.384. The molecule has 1 aliphatic rings. The molecule has 0 aromatic heterocycles. The zero-order chi connectivity index (χ0) is 19.1. The maximum Gasteiger partial charge on any atom is 0.410 e. The summed E-state index contributed by atoms with van der Waals surface area (Å²) in [7, 11) is 1.30. The second kappa shape index (κ2) is 8.95. The number of amides is 1. The minimum absolute atomic E-state index is 0.0489. The minimum atomic E-state index is -0.688. The first-order chi connectivity index (χ1) is 12.5. The maximum absolute atomic E-state index is 12.3. The molecule has 0 bridgehead atoms. The lowest BCUT2D eigenvalue weighted by Crippen LogP contribution is -2.51. The van der Waals surface area contributed by atoms with Crippen molar-refractivity contribution in [2.45, 2.75) is 6.04 Å². The summed E-state index contributed by atoms with van der Waals surface area (Å²) >= 11 is 0. The highest BCUT2D eigenvalue weighted by atomic mass is 16.6. The zero-order valence-electron chi connectivity index (χ0n) is 14.5. The number of hydrogen-bond donors (Lipinski definition) is 0. The Kier molecular flexibility index (Phi) is 6.67. The SMILES string of the molecule is C=CCOC(=O)N1CCN(C(C(=O)OC)c2ccc([N+](=O)[O-])cc2)CC1. The molecule has 26 heavy (non-hydrogen) atoms. The van der Waals surface area contributed by atoms with Gasteiger partial charge in [0.1, 0.15) is 12.6 Å². The van der Waals surface area contributed by atoms with Gasteiger partial charge in [-0.2, -0.15) is 0 Å². The molecule has 140 valence electrons. The van der Waals surface area contributed by atoms with Crippen molar-refractivity contribution >= 4 is 17.7 Å². The molecule has 1 fully saturated rings. The lowest BCUT2D eigenvalue weighted by Gasteiger charge is -2.37. The van der Waals surface area contributed by atoms with Gasteiger partial charge in [-0.25, -0.2) is 9.59 Å². The number of hydrogen-bond acceptors (Lipinski definition) is 7. The predicted octanol–water partition coefficient (Wildman–Crippen LogP) is 1.75. The summed E-state index contributed by atoms with van der Waals surface area (Å²) in [4.78, 5) is 37.9. The highest BCUT2D eigenvalue weighted by Crippen LogP contribution is 2.25. The molecule has 1 unspecified atom stereocenters. The lowest BCUT2D eigenvalue weighted by atomic mass is 10.0. The summed E-state index contributed by atoms with van der Waals surface area (Å²) < 4.78 is 9.90. The van der Waals surface area contributed by atoms with E-state index in [4.69, 9.17) is 9.47 Å². The van der Waals surface area contributed by atoms with Crippen molar-refractivity contribution in [3.05, 3.63) is 52.6 Å². The Morgan fingerprint density at radius 2 is 1.88 bits per heavy atom. The molecule has 0 radical (unpaired) electrons. The first-order valence-electron chi connectivity index (χ1n) is 8.06. The minimum Gasteiger partial charge on any atom is -0.468 e. The van der Waals surface area contributed by atoms with Crippen LogP contribution >= 0.6 is 0 Å². The van der Waals surface area contributed by atoms with Gasteiger partial charge in [0, 0.05) is 38.3 Å². The van der Waals surface area contributed by atoms with Gasteiger partial charge in [0.2, 0.25) is 0 Å². The van der Waals surface area contributed by atoms with Crippen LogP contribution < -0.4 is 0 Å². The highest BCUT2D eigenvalue weighted by molar-refractivity contribution is 5.77. The number of nitro benzene ring substituents is 1. The maximum atomic E-state index is 12.3. The van der Waals surface area contributed by atoms with Crippen molar-refractivity contribution < 1.29 is 24.0 Å². The Labute approximate surface area is 150 Å². The van der Waals surface area contributed by atoms with Crippen molar-refractivity contribution in [1.29, 1.82) is 0 Å². The van der Waals surface area contributed by atoms with Gasteiger partial charge in [0.15, 0.2) is 0 Å². The van der Waals surface area contributed by atoms with Gasteiger partial charge in [0.05, 0.1) is 12.0 Å². The van der Waals surface area contributed by atoms with Crippen molar-refractivity contribution in [1.82, 2.24) is 9.80 Å². The van der Waals surface area contributed by atoms with E-state index in [-0.39, 0.29) is 12.3 Å². The number of rotatable bonds is 6. The Morgan fingerprint density at radius 1 is 1.27 bits per heavy atom. The Morgan fingerprint density at radius 3 is 2.38 bits per heavy atom. The third-order valence-electron chi connectivity index (χ3n) is 4.11. The number of piperazine rings is 1. The molecule has 0 saturated carbocycles. The number of non-ortho nitro benzene ring substituents is 1. The van der Waals surface area contributed by atoms with E-state index in [1.165, 1.54) is 25.3 Å². The molecule has 1 amide bonds. The summed E-state index contributed by atoms with van der Waals surface area (Å²) in [6, 6.07) is 5.11. The molecule has 0 aliphatic carbocycles. The van der Waals surface area contributed by atoms with E-state index >= 15 is 0 Å². The number of benzene rings is 1. The van der Waals surface area contributed by atoms with E-state index in [0.29, 0.717) is 31.7 Å². The van der Waals surface area contributed by atoms with Crippen molar-refractivity contribution in [2.24, 2.45) is 0 Å². The molecule has 9 nitrogen and oxygen atoms in total. The van der Waals surface area contributed by atoms with Gasteiger partial charge in [-0.05, 0) is 5.56 Å². The fourth-order valence-electron chi connectivity index (χ4n) is 2.77. The van der Waals surface area contributed by atoms with Crippen LogP contribution in [-0.4, -0.2) is 66.7 Å². The molecule has 1 aromatic carbocycles. The summed E-state index contributed by atoms with van der Waals surface area (Å²) in [6.45, 7) is 5.33. The van der Waals surface area contributed by atoms with E-state index in [1.54, 1.807) is 17.0 Å². The molecule has 0 spiro atoms. The second-order valence-corrected chi connectivity index (χ2v) is 5.66. The molecular weight excluding hydrogens is 342 g/mol. The van der Waals surface area contributed by atoms with Crippen LogP contribution in [0.4, 0.5) is 10.5 Å². The topological polar surface area (TPSA) is 102 Å². The average molecular weight is 363 g/mol. The number of nitrogens with zero attached hydrogens (tertiary/aromatic N) is 3. The normalized spacial score (nSPS) is 15.8. The first kappa shape index (κ1) is 19.4. The van der Waals surface area contributed by atoms with Gasteiger partial charge >= 0.3 is 12.1 Å². The fraction of sp³-hybridized carbons (Fsp3) is 0.412. The van der Waals surface area contributed by atoms with Gasteiger partial charge in [0.25, 0.3) is 5.69 Å². The summed E-state index contributed by atoms with van der Waals surface area (Å²) in [5, 5.41) is 10.8. The third kappa shape index (κ3) is 4.57. The summed E-state index contributed by atoms with van der Waals surface area (Å²) in [5.74, 6) is -0.457. The van der Waals surface area contributed by atoms with Crippen LogP contribution in [0.2, 0.25) is 0 Å². The number of esters is 1. The van der Waals surface area contributed by atoms with Gasteiger partial charge < -0.3 is 14.4 Å². The van der Waals surface area contributed by atoms with E-state index in [9.17, 15) is 19.7 Å². The van der Waals surface area contributed by atoms with Crippen LogP contribution in [0.1, 0.15) is 11.6 Å². The Bertz CT molecular complexity index is 668. The molecular formula is C17H21N3O6. The number of ether oxygens (including phenoxy) is 2. The largest absolute Gasteiger partial charge is 0.468 e. The van der Waals surface area contributed by atoms with Gasteiger partial charge in [-0.3, -0.25) is 15.0 Å². The van der Waals surface area contributed by atoms with Crippen molar-refractivity contribution in [3.8, 4) is 0 Å². The van der Waals surface area contributed by atoms with Crippen LogP contribution in [0.5, 0.6) is 0 Å². The molecule has 1 heterocycles. The Balaban J connectivity index is 2.09. The average Bonchev–Trinajstić information content (AvgIpc) is 2.67. The Hall–Kier alpha value is -2.94. The molecule has 1 saturated heterocycles. The van der Waals surface area contributed by atoms with E-state index in [2.05, 4.69) is 6.58 Å². The second-order valence-electron chi connectivity index (χ2n) is 5.66. The van der Waals surface area contributed by atoms with Crippen LogP contribution in [0.3, 0.4) is 0 Å². The number of methoxy groups -OCH3 is 1. The predicted molar refractivity (Wildman–Crippen MR) is 92.5 cm³/mol. The van der Waals surface area contributed by atoms with E-state index in [0.717, 1.165) is 0 Å². The van der Waals surface area contributed by atoms with Crippen LogP contribution in [0, 0.1) is 10.1 Å². The molecule has 2 rings (SSSR count). The molecule has 1 aliphatic heterocycles. The number of nitro groups is 1. The monoisotopic (exact) mass is 363 g/mol. The van der Waals surface area contributed by atoms with Crippen LogP contribution in [0.25, 0.3) is 0 Å². The molecule has 1 atom stereocenters. The summed E-state index contributed by atoms with van der Waals surface area (Å²) in [6.07, 6.45) is 1.07. The van der Waals surface area contributed by atoms with E-state index < -0.39 is 23.0 Å². The standard InChI is InChI=1S/C17H21N3O6/c1-3-12-26-17(22)19-10-8-18(9-11-19)15(16(21)25-2)13-4-6-14(7-5-13)20(23)24/h3-7,15H,1,8-12H2,2H3. The molecule has 0 N–H and O–H groups in total. The quantitative estimate of drug-likeness (QED) is 0.328. The summed E-state index contributed by atoms with van der Waals surface area (Å²) in [5.41, 5.74) is 0.553. The van der Waals surface area contributed by atoms with Gasteiger partial charge in [-0.15, -0.1) is 0 Å². The third-order valence-corrected chi connectivity index (χ3v) is 4.11. The van der Waals surface area contributed by atoms with Gasteiger partial charge in [-0.1, -0.05) is 24.8 Å². The van der Waals surface area contributed by atoms with Crippen molar-refractivity contribution in [3.63, 3.8) is 0 Å². The zero-order valence-corrected chi connectivity index (χ0v) is 14.5. The fourth-order valence-corrected chi connectivity index (χ4v) is 2.77. The van der Waals surface area contributed by atoms with Crippen LogP contribution in [0.15, 0.2) is 36.9 Å². The van der Waals surface area contributed by atoms with Crippen molar-refractivity contribution in [2.75, 3.05) is 39.9 Å². The van der Waals surface area contributed by atoms with E-state index in [1.807, 2.05) is 4.90 Å². The smallest absolute Gasteiger partial charge is 0.410 e. The molecule has 1 aromatic rings.